The number of ether oxygens (including phenoxy) is 3. The van der Waals surface area contributed by atoms with Gasteiger partial charge in [0.15, 0.2) is 0 Å². The minimum absolute atomic E-state index is 0.639. The molecule has 5 aliphatic carbocycles. The SMILES string of the molecule is C1CC2CC2CC1CC(CC1CCC2OC2C1)C(CC1CCC2OC2C1)CC1CCC2OC2C1. The summed E-state index contributed by atoms with van der Waals surface area (Å²) >= 11 is 0. The predicted molar refractivity (Wildman–Crippen MR) is 132 cm³/mol. The van der Waals surface area contributed by atoms with Crippen molar-refractivity contribution in [1.82, 2.24) is 0 Å². The first-order valence-electron chi connectivity index (χ1n) is 15.7. The fraction of sp³-hybridized carbons (Fsp3) is 1.00. The molecule has 13 unspecified atom stereocenters. The maximum absolute atomic E-state index is 5.97. The molecule has 8 aliphatic rings. The van der Waals surface area contributed by atoms with Gasteiger partial charge < -0.3 is 14.2 Å². The molecule has 3 heteroatoms. The predicted octanol–water partition coefficient (Wildman–Crippen LogP) is 6.92. The first-order chi connectivity index (χ1) is 16.7. The van der Waals surface area contributed by atoms with E-state index in [0.717, 1.165) is 47.3 Å². The van der Waals surface area contributed by atoms with E-state index < -0.39 is 0 Å². The van der Waals surface area contributed by atoms with Crippen LogP contribution < -0.4 is 0 Å². The molecule has 34 heavy (non-hydrogen) atoms. The molecule has 190 valence electrons. The summed E-state index contributed by atoms with van der Waals surface area (Å²) in [5.41, 5.74) is 0. The second kappa shape index (κ2) is 8.73. The summed E-state index contributed by atoms with van der Waals surface area (Å²) < 4.78 is 17.9. The molecule has 8 rings (SSSR count). The van der Waals surface area contributed by atoms with Crippen LogP contribution in [-0.4, -0.2) is 36.6 Å². The third-order valence-electron chi connectivity index (χ3n) is 12.2. The van der Waals surface area contributed by atoms with Crippen molar-refractivity contribution in [3.05, 3.63) is 0 Å². The number of epoxide rings is 3. The lowest BCUT2D eigenvalue weighted by Gasteiger charge is -2.38. The molecule has 0 aromatic rings. The van der Waals surface area contributed by atoms with Gasteiger partial charge in [-0.1, -0.05) is 6.42 Å². The van der Waals surface area contributed by atoms with Crippen LogP contribution in [0.2, 0.25) is 0 Å². The second-order valence-corrected chi connectivity index (χ2v) is 14.6. The van der Waals surface area contributed by atoms with E-state index in [1.807, 2.05) is 0 Å². The lowest BCUT2D eigenvalue weighted by atomic mass is 9.66. The van der Waals surface area contributed by atoms with Gasteiger partial charge in [-0.3, -0.25) is 0 Å². The highest BCUT2D eigenvalue weighted by molar-refractivity contribution is 4.98. The van der Waals surface area contributed by atoms with Gasteiger partial charge in [0, 0.05) is 0 Å². The van der Waals surface area contributed by atoms with E-state index in [2.05, 4.69) is 0 Å². The van der Waals surface area contributed by atoms with Gasteiger partial charge in [-0.25, -0.2) is 0 Å². The van der Waals surface area contributed by atoms with E-state index >= 15 is 0 Å². The molecule has 13 atom stereocenters. The van der Waals surface area contributed by atoms with Gasteiger partial charge in [0.25, 0.3) is 0 Å². The molecule has 0 aromatic carbocycles. The van der Waals surface area contributed by atoms with Gasteiger partial charge in [-0.15, -0.1) is 0 Å². The quantitative estimate of drug-likeness (QED) is 0.345. The Bertz CT molecular complexity index is 631. The van der Waals surface area contributed by atoms with E-state index in [4.69, 9.17) is 14.2 Å². The molecule has 5 saturated carbocycles. The highest BCUT2D eigenvalue weighted by Gasteiger charge is 2.49. The Morgan fingerprint density at radius 2 is 0.794 bits per heavy atom. The summed E-state index contributed by atoms with van der Waals surface area (Å²) in [5.74, 6) is 8.03. The molecule has 0 amide bonds. The summed E-state index contributed by atoms with van der Waals surface area (Å²) in [6.45, 7) is 0. The highest BCUT2D eigenvalue weighted by Crippen LogP contribution is 2.55. The van der Waals surface area contributed by atoms with Crippen molar-refractivity contribution in [2.45, 2.75) is 146 Å². The monoisotopic (exact) mass is 468 g/mol. The van der Waals surface area contributed by atoms with Crippen LogP contribution in [-0.2, 0) is 14.2 Å². The van der Waals surface area contributed by atoms with Crippen molar-refractivity contribution in [2.75, 3.05) is 0 Å². The Morgan fingerprint density at radius 1 is 0.382 bits per heavy atom. The maximum Gasteiger partial charge on any atom is 0.0844 e. The molecular weight excluding hydrogens is 420 g/mol. The van der Waals surface area contributed by atoms with Crippen molar-refractivity contribution in [2.24, 2.45) is 47.3 Å². The fourth-order valence-electron chi connectivity index (χ4n) is 9.94. The third-order valence-corrected chi connectivity index (χ3v) is 12.2. The lowest BCUT2D eigenvalue weighted by molar-refractivity contribution is 0.125. The molecule has 8 fully saturated rings. The first-order valence-corrected chi connectivity index (χ1v) is 15.7. The van der Waals surface area contributed by atoms with Crippen LogP contribution in [0.4, 0.5) is 0 Å². The van der Waals surface area contributed by atoms with E-state index in [1.165, 1.54) is 77.0 Å². The molecule has 0 spiro atoms. The Kier molecular flexibility index (Phi) is 5.63. The highest BCUT2D eigenvalue weighted by atomic mass is 16.6. The summed E-state index contributed by atoms with van der Waals surface area (Å²) in [7, 11) is 0. The lowest BCUT2D eigenvalue weighted by Crippen LogP contribution is -2.30. The van der Waals surface area contributed by atoms with Crippen molar-refractivity contribution < 1.29 is 14.2 Å². The summed E-state index contributed by atoms with van der Waals surface area (Å²) in [6.07, 6.45) is 28.7. The van der Waals surface area contributed by atoms with E-state index in [0.29, 0.717) is 36.6 Å². The average Bonchev–Trinajstić information content (AvgIpc) is 3.69. The van der Waals surface area contributed by atoms with Crippen molar-refractivity contribution >= 4 is 0 Å². The minimum atomic E-state index is 0.639. The smallest absolute Gasteiger partial charge is 0.0844 e. The normalized spacial score (nSPS) is 54.0. The van der Waals surface area contributed by atoms with Crippen LogP contribution in [0.15, 0.2) is 0 Å². The van der Waals surface area contributed by atoms with Gasteiger partial charge >= 0.3 is 0 Å². The van der Waals surface area contributed by atoms with E-state index in [9.17, 15) is 0 Å². The van der Waals surface area contributed by atoms with Gasteiger partial charge in [0.05, 0.1) is 36.6 Å². The Balaban J connectivity index is 0.994. The van der Waals surface area contributed by atoms with Crippen LogP contribution >= 0.6 is 0 Å². The molecule has 3 heterocycles. The van der Waals surface area contributed by atoms with Gasteiger partial charge in [0.2, 0.25) is 0 Å². The van der Waals surface area contributed by atoms with Crippen molar-refractivity contribution in [3.63, 3.8) is 0 Å². The number of hydrogen-bond donors (Lipinski definition) is 0. The maximum atomic E-state index is 5.97. The molecule has 3 aliphatic heterocycles. The largest absolute Gasteiger partial charge is 0.370 e. The standard InChI is InChI=1S/C31H48O3/c1-5-22-17-25(22)10-18(1)9-23(11-19-2-6-26-29(14-19)32-26)24(12-20-3-7-27-30(15-20)33-27)13-21-4-8-28-31(16-21)34-28/h18-31H,1-17H2. The third kappa shape index (κ3) is 4.76. The molecule has 0 N–H and O–H groups in total. The molecule has 3 saturated heterocycles. The molecule has 3 nitrogen and oxygen atoms in total. The van der Waals surface area contributed by atoms with Crippen LogP contribution in [0.5, 0.6) is 0 Å². The van der Waals surface area contributed by atoms with Crippen LogP contribution in [0.3, 0.4) is 0 Å². The Morgan fingerprint density at radius 3 is 1.21 bits per heavy atom. The zero-order valence-electron chi connectivity index (χ0n) is 21.3. The zero-order chi connectivity index (χ0) is 22.2. The number of rotatable bonds is 9. The molecular formula is C31H48O3. The first kappa shape index (κ1) is 21.9. The molecule has 0 radical (unpaired) electrons. The van der Waals surface area contributed by atoms with Crippen LogP contribution in [0.1, 0.15) is 109 Å². The second-order valence-electron chi connectivity index (χ2n) is 14.6. The van der Waals surface area contributed by atoms with Gasteiger partial charge in [0.1, 0.15) is 0 Å². The minimum Gasteiger partial charge on any atom is -0.370 e. The fourth-order valence-corrected chi connectivity index (χ4v) is 9.94. The molecule has 0 aromatic heterocycles. The van der Waals surface area contributed by atoms with Gasteiger partial charge in [-0.2, -0.15) is 0 Å². The van der Waals surface area contributed by atoms with Crippen LogP contribution in [0, 0.1) is 47.3 Å². The topological polar surface area (TPSA) is 37.6 Å². The van der Waals surface area contributed by atoms with E-state index in [-0.39, 0.29) is 0 Å². The summed E-state index contributed by atoms with van der Waals surface area (Å²) in [6, 6.07) is 0. The Hall–Kier alpha value is -0.120. The Labute approximate surface area is 207 Å². The van der Waals surface area contributed by atoms with Gasteiger partial charge in [-0.05, 0) is 150 Å². The van der Waals surface area contributed by atoms with Crippen LogP contribution in [0.25, 0.3) is 0 Å². The summed E-state index contributed by atoms with van der Waals surface area (Å²) in [4.78, 5) is 0. The average molecular weight is 469 g/mol. The molecule has 0 bridgehead atoms. The van der Waals surface area contributed by atoms with Crippen molar-refractivity contribution in [3.8, 4) is 0 Å². The van der Waals surface area contributed by atoms with E-state index in [1.54, 1.807) is 32.1 Å². The van der Waals surface area contributed by atoms with Crippen molar-refractivity contribution in [1.29, 1.82) is 0 Å². The number of hydrogen-bond acceptors (Lipinski definition) is 3. The summed E-state index contributed by atoms with van der Waals surface area (Å²) in [5, 5.41) is 0. The number of fused-ring (bicyclic) bond motifs is 4. The zero-order valence-corrected chi connectivity index (χ0v) is 21.3.